The molecule has 3 aliphatic heterocycles. The third-order valence-electron chi connectivity index (χ3n) is 14.9. The number of methoxy groups -OCH3 is 3. The first-order valence-corrected chi connectivity index (χ1v) is 24.4. The summed E-state index contributed by atoms with van der Waals surface area (Å²) in [4.78, 5) is 71.3. The first kappa shape index (κ1) is 55.2. The Hall–Kier alpha value is -3.37. The van der Waals surface area contributed by atoms with Crippen LogP contribution >= 0.6 is 0 Å². The van der Waals surface area contributed by atoms with Gasteiger partial charge in [0.15, 0.2) is 5.78 Å². The number of allylic oxidation sites excluding steroid dienone is 6. The molecule has 3 N–H and O–H groups in total. The van der Waals surface area contributed by atoms with E-state index in [-0.39, 0.29) is 61.4 Å². The number of esters is 1. The van der Waals surface area contributed by atoms with Crippen LogP contribution in [0.3, 0.4) is 0 Å². The fourth-order valence-corrected chi connectivity index (χ4v) is 10.3. The quantitative estimate of drug-likeness (QED) is 0.150. The van der Waals surface area contributed by atoms with Crippen molar-refractivity contribution < 1.29 is 63.0 Å². The fraction of sp³-hybridized carbons (Fsp3) is 0.750. The van der Waals surface area contributed by atoms with Crippen molar-refractivity contribution in [1.29, 1.82) is 0 Å². The maximum atomic E-state index is 14.1. The molecule has 0 aromatic carbocycles. The average molecular weight is 928 g/mol. The van der Waals surface area contributed by atoms with Crippen molar-refractivity contribution in [2.45, 2.75) is 174 Å². The third-order valence-corrected chi connectivity index (χ3v) is 14.9. The molecule has 66 heavy (non-hydrogen) atoms. The monoisotopic (exact) mass is 928 g/mol. The number of cyclic esters (lactones) is 1. The molecule has 4 rings (SSSR count). The van der Waals surface area contributed by atoms with Gasteiger partial charge < -0.3 is 43.9 Å². The zero-order valence-electron chi connectivity index (χ0n) is 41.3. The van der Waals surface area contributed by atoms with E-state index in [1.807, 2.05) is 58.1 Å². The molecular weight excluding hydrogens is 847 g/mol. The first-order chi connectivity index (χ1) is 31.2. The summed E-state index contributed by atoms with van der Waals surface area (Å²) in [5.41, 5.74) is 1.31. The number of carbonyl (C=O) groups excluding carboxylic acids is 5. The summed E-state index contributed by atoms with van der Waals surface area (Å²) >= 11 is 0. The molecule has 14 nitrogen and oxygen atoms in total. The molecule has 2 saturated heterocycles. The van der Waals surface area contributed by atoms with Crippen molar-refractivity contribution in [3.05, 3.63) is 47.6 Å². The molecule has 0 radical (unpaired) electrons. The van der Waals surface area contributed by atoms with Gasteiger partial charge in [0.05, 0.1) is 31.0 Å². The Morgan fingerprint density at radius 1 is 0.848 bits per heavy atom. The van der Waals surface area contributed by atoms with E-state index < -0.39 is 83.7 Å². The minimum Gasteiger partial charge on any atom is -0.464 e. The molecule has 4 aliphatic rings. The second kappa shape index (κ2) is 25.8. The molecular formula is C52H81NO13. The van der Waals surface area contributed by atoms with E-state index in [0.29, 0.717) is 63.4 Å². The zero-order valence-corrected chi connectivity index (χ0v) is 41.3. The maximum absolute atomic E-state index is 14.1. The molecule has 0 aromatic heterocycles. The molecule has 1 saturated carbocycles. The molecule has 2 bridgehead atoms. The van der Waals surface area contributed by atoms with Gasteiger partial charge in [-0.15, -0.1) is 0 Å². The number of ketones is 3. The van der Waals surface area contributed by atoms with Gasteiger partial charge in [-0.1, -0.05) is 71.1 Å². The van der Waals surface area contributed by atoms with Gasteiger partial charge >= 0.3 is 5.97 Å². The zero-order chi connectivity index (χ0) is 48.9. The third kappa shape index (κ3) is 14.6. The van der Waals surface area contributed by atoms with Crippen LogP contribution in [0.1, 0.15) is 126 Å². The van der Waals surface area contributed by atoms with E-state index in [0.717, 1.165) is 12.0 Å². The van der Waals surface area contributed by atoms with Crippen LogP contribution in [0, 0.1) is 41.4 Å². The second-order valence-corrected chi connectivity index (χ2v) is 20.0. The summed E-state index contributed by atoms with van der Waals surface area (Å²) in [6.07, 6.45) is 12.9. The van der Waals surface area contributed by atoms with Gasteiger partial charge in [0.1, 0.15) is 24.0 Å². The number of Topliss-reactive ketones (excluding diaryl/α,β-unsaturated/α-hetero) is 3. The Bertz CT molecular complexity index is 1770. The van der Waals surface area contributed by atoms with Crippen LogP contribution in [-0.2, 0) is 47.7 Å². The van der Waals surface area contributed by atoms with Gasteiger partial charge in [-0.3, -0.25) is 19.2 Å². The van der Waals surface area contributed by atoms with E-state index in [1.165, 1.54) is 12.0 Å². The number of carbonyl (C=O) groups is 5. The summed E-state index contributed by atoms with van der Waals surface area (Å²) in [7, 11) is 4.56. The van der Waals surface area contributed by atoms with Crippen LogP contribution in [-0.4, -0.2) is 132 Å². The topological polar surface area (TPSA) is 195 Å². The minimum atomic E-state index is -2.41. The summed E-state index contributed by atoms with van der Waals surface area (Å²) in [6, 6.07) is -1.08. The summed E-state index contributed by atoms with van der Waals surface area (Å²) < 4.78 is 29.1. The van der Waals surface area contributed by atoms with Crippen molar-refractivity contribution in [3.63, 3.8) is 0 Å². The van der Waals surface area contributed by atoms with Gasteiger partial charge in [0.25, 0.3) is 11.7 Å². The van der Waals surface area contributed by atoms with Crippen molar-refractivity contribution >= 4 is 29.2 Å². The number of amides is 1. The Labute approximate surface area is 393 Å². The number of aliphatic hydroxyl groups excluding tert-OH is 2. The molecule has 1 aliphatic carbocycles. The van der Waals surface area contributed by atoms with Crippen molar-refractivity contribution in [2.24, 2.45) is 41.4 Å². The Morgan fingerprint density at radius 2 is 1.58 bits per heavy atom. The Morgan fingerprint density at radius 3 is 2.26 bits per heavy atom. The standard InChI is InChI=1S/C52H81NO13/c1-31-16-12-11-13-17-32(2)44(62-8)29-40-21-19-37(7)52(61,66-40)49(58)50(59)53-23-15-14-18-41(53)51(60)65-30-39(33(3)26-38-20-22-42(54)45(27-38)63-9)28-43(55)34(4)25-36(6)47(57)48(64-10)46(56)35(5)24-31/h11-13,16-17,25,31,33-35,37-42,44-45,47-48,54,57,61H,14-15,18-24,26-30H2,1-10H3/b13-11+,16-12+,32-17?,36-25+/t31-,33-,34-,35-,37-,38+,39-,40+,41+,42-,44+,45-,47-,48+,52-/m1/s1. The number of piperidine rings is 1. The predicted octanol–water partition coefficient (Wildman–Crippen LogP) is 6.43. The average Bonchev–Trinajstić information content (AvgIpc) is 3.29. The smallest absolute Gasteiger partial charge is 0.328 e. The van der Waals surface area contributed by atoms with E-state index in [9.17, 15) is 39.3 Å². The lowest BCUT2D eigenvalue weighted by atomic mass is 9.76. The number of hydrogen-bond donors (Lipinski definition) is 3. The molecule has 3 heterocycles. The minimum absolute atomic E-state index is 0.0235. The number of nitrogens with zero attached hydrogens (tertiary/aromatic N) is 1. The number of rotatable bonds is 6. The van der Waals surface area contributed by atoms with Crippen LogP contribution in [0.25, 0.3) is 0 Å². The largest absolute Gasteiger partial charge is 0.464 e. The number of fused-ring (bicyclic) bond motifs is 3. The van der Waals surface area contributed by atoms with Gasteiger partial charge in [0, 0.05) is 64.4 Å². The van der Waals surface area contributed by atoms with Crippen LogP contribution in [0.5, 0.6) is 0 Å². The highest BCUT2D eigenvalue weighted by atomic mass is 16.6. The number of aliphatic hydroxyl groups is 3. The van der Waals surface area contributed by atoms with Crippen LogP contribution in [0.15, 0.2) is 47.6 Å². The van der Waals surface area contributed by atoms with E-state index >= 15 is 0 Å². The second-order valence-electron chi connectivity index (χ2n) is 20.0. The van der Waals surface area contributed by atoms with Gasteiger partial charge in [-0.2, -0.15) is 0 Å². The molecule has 0 spiro atoms. The number of ether oxygens (including phenoxy) is 5. The number of hydrogen-bond acceptors (Lipinski definition) is 13. The predicted molar refractivity (Wildman–Crippen MR) is 250 cm³/mol. The lowest BCUT2D eigenvalue weighted by molar-refractivity contribution is -0.265. The lowest BCUT2D eigenvalue weighted by Gasteiger charge is -2.42. The first-order valence-electron chi connectivity index (χ1n) is 24.4. The van der Waals surface area contributed by atoms with Gasteiger partial charge in [-0.25, -0.2) is 4.79 Å². The SMILES string of the molecule is CO[C@H]1C[C@@H]2CC[C@@H](C)[C@@](O)(O2)C(=O)C(=O)N2CCCC[C@H]2C(=O)OC[C@H]([C@H](C)C[C@@H]2CC[C@@H](O)[C@H](OC)C2)CC(=O)[C@H](C)/C=C(\C)[C@@H](O)[C@@H](OC)C(=O)[C@H](C)C[C@H](C)/C=C/C=C/C=C1C. The summed E-state index contributed by atoms with van der Waals surface area (Å²) in [5.74, 6) is -7.73. The summed E-state index contributed by atoms with van der Waals surface area (Å²) in [6.45, 7) is 12.8. The highest BCUT2D eigenvalue weighted by Crippen LogP contribution is 2.38. The highest BCUT2D eigenvalue weighted by molar-refractivity contribution is 6.39. The van der Waals surface area contributed by atoms with E-state index in [4.69, 9.17) is 23.7 Å². The molecule has 1 amide bonds. The van der Waals surface area contributed by atoms with Gasteiger partial charge in [0.2, 0.25) is 5.79 Å². The van der Waals surface area contributed by atoms with Crippen LogP contribution < -0.4 is 0 Å². The van der Waals surface area contributed by atoms with Crippen molar-refractivity contribution in [1.82, 2.24) is 4.90 Å². The molecule has 0 aromatic rings. The fourth-order valence-electron chi connectivity index (χ4n) is 10.3. The normalized spacial score (nSPS) is 39.4. The van der Waals surface area contributed by atoms with Crippen LogP contribution in [0.2, 0.25) is 0 Å². The highest BCUT2D eigenvalue weighted by Gasteiger charge is 2.53. The molecule has 14 heteroatoms. The summed E-state index contributed by atoms with van der Waals surface area (Å²) in [5, 5.41) is 33.8. The molecule has 3 fully saturated rings. The van der Waals surface area contributed by atoms with Crippen LogP contribution in [0.4, 0.5) is 0 Å². The molecule has 0 unspecified atom stereocenters. The lowest BCUT2D eigenvalue weighted by Crippen LogP contribution is -2.60. The molecule has 372 valence electrons. The van der Waals surface area contributed by atoms with Crippen molar-refractivity contribution in [2.75, 3.05) is 34.5 Å². The Balaban J connectivity index is 1.67. The maximum Gasteiger partial charge on any atom is 0.328 e. The van der Waals surface area contributed by atoms with Gasteiger partial charge in [-0.05, 0) is 107 Å². The van der Waals surface area contributed by atoms with E-state index in [2.05, 4.69) is 0 Å². The van der Waals surface area contributed by atoms with E-state index in [1.54, 1.807) is 41.1 Å². The van der Waals surface area contributed by atoms with Crippen molar-refractivity contribution in [3.8, 4) is 0 Å². The molecule has 15 atom stereocenters. The Kier molecular flexibility index (Phi) is 21.6.